The molecule has 0 amide bonds. The Kier molecular flexibility index (Phi) is 3.51. The number of hydrogen-bond donors (Lipinski definition) is 1. The van der Waals surface area contributed by atoms with E-state index in [0.29, 0.717) is 5.56 Å². The van der Waals surface area contributed by atoms with Crippen molar-refractivity contribution in [1.29, 1.82) is 0 Å². The fourth-order valence-electron chi connectivity index (χ4n) is 1.30. The quantitative estimate of drug-likeness (QED) is 0.788. The number of halogens is 1. The van der Waals surface area contributed by atoms with Crippen LogP contribution in [0.4, 0.5) is 10.1 Å². The third-order valence-electron chi connectivity index (χ3n) is 2.12. The molecule has 0 aliphatic heterocycles. The van der Waals surface area contributed by atoms with E-state index in [2.05, 4.69) is 5.48 Å². The van der Waals surface area contributed by atoms with Gasteiger partial charge in [-0.05, 0) is 12.1 Å². The molecular formula is C13H12FNO. The van der Waals surface area contributed by atoms with E-state index in [1.165, 1.54) is 0 Å². The number of alkyl halides is 1. The summed E-state index contributed by atoms with van der Waals surface area (Å²) < 4.78 is 13.5. The molecule has 0 heterocycles. The van der Waals surface area contributed by atoms with Gasteiger partial charge in [0.15, 0.2) is 0 Å². The van der Waals surface area contributed by atoms with Gasteiger partial charge in [0.2, 0.25) is 6.36 Å². The Bertz CT molecular complexity index is 418. The molecular weight excluding hydrogens is 205 g/mol. The van der Waals surface area contributed by atoms with Crippen LogP contribution in [-0.4, -0.2) is 0 Å². The number of anilines is 1. The lowest BCUT2D eigenvalue weighted by molar-refractivity contribution is -0.00819. The van der Waals surface area contributed by atoms with E-state index in [-0.39, 0.29) is 0 Å². The Morgan fingerprint density at radius 2 is 1.44 bits per heavy atom. The molecule has 0 aliphatic rings. The second-order valence-corrected chi connectivity index (χ2v) is 3.31. The monoisotopic (exact) mass is 217 g/mol. The van der Waals surface area contributed by atoms with Gasteiger partial charge in [-0.3, -0.25) is 5.48 Å². The van der Waals surface area contributed by atoms with Crippen molar-refractivity contribution >= 4 is 5.69 Å². The van der Waals surface area contributed by atoms with Crippen molar-refractivity contribution < 1.29 is 9.23 Å². The summed E-state index contributed by atoms with van der Waals surface area (Å²) in [6.45, 7) is 0. The van der Waals surface area contributed by atoms with Crippen LogP contribution in [-0.2, 0) is 4.84 Å². The first-order valence-corrected chi connectivity index (χ1v) is 5.02. The Balaban J connectivity index is 1.92. The topological polar surface area (TPSA) is 21.3 Å². The zero-order valence-corrected chi connectivity index (χ0v) is 8.64. The van der Waals surface area contributed by atoms with Crippen molar-refractivity contribution in [3.05, 3.63) is 66.2 Å². The Hall–Kier alpha value is -1.87. The van der Waals surface area contributed by atoms with E-state index < -0.39 is 6.36 Å². The highest BCUT2D eigenvalue weighted by Gasteiger charge is 2.08. The lowest BCUT2D eigenvalue weighted by Gasteiger charge is -2.11. The van der Waals surface area contributed by atoms with Gasteiger partial charge in [-0.2, -0.15) is 0 Å². The minimum atomic E-state index is -1.47. The molecule has 82 valence electrons. The summed E-state index contributed by atoms with van der Waals surface area (Å²) in [6.07, 6.45) is -1.47. The van der Waals surface area contributed by atoms with E-state index in [4.69, 9.17) is 4.84 Å². The first-order chi connectivity index (χ1) is 7.86. The molecule has 2 aromatic rings. The van der Waals surface area contributed by atoms with Gasteiger partial charge in [-0.15, -0.1) is 0 Å². The van der Waals surface area contributed by atoms with E-state index in [1.54, 1.807) is 36.4 Å². The standard InChI is InChI=1S/C13H12FNO/c14-13(11-7-3-1-4-8-11)16-15-12-9-5-2-6-10-12/h1-10,13,15H. The van der Waals surface area contributed by atoms with Crippen molar-refractivity contribution in [2.24, 2.45) is 0 Å². The molecule has 2 rings (SSSR count). The fraction of sp³-hybridized carbons (Fsp3) is 0.0769. The van der Waals surface area contributed by atoms with E-state index in [9.17, 15) is 4.39 Å². The van der Waals surface area contributed by atoms with Crippen LogP contribution in [0.3, 0.4) is 0 Å². The molecule has 1 unspecified atom stereocenters. The lowest BCUT2D eigenvalue weighted by atomic mass is 10.2. The minimum Gasteiger partial charge on any atom is -0.263 e. The van der Waals surface area contributed by atoms with Crippen LogP contribution in [0.15, 0.2) is 60.7 Å². The van der Waals surface area contributed by atoms with Crippen LogP contribution in [0.2, 0.25) is 0 Å². The molecule has 0 fully saturated rings. The van der Waals surface area contributed by atoms with Crippen molar-refractivity contribution in [3.63, 3.8) is 0 Å². The maximum Gasteiger partial charge on any atom is 0.249 e. The molecule has 0 spiro atoms. The van der Waals surface area contributed by atoms with Crippen LogP contribution in [0, 0.1) is 0 Å². The van der Waals surface area contributed by atoms with Gasteiger partial charge < -0.3 is 0 Å². The largest absolute Gasteiger partial charge is 0.263 e. The normalized spacial score (nSPS) is 12.1. The predicted octanol–water partition coefficient (Wildman–Crippen LogP) is 3.70. The highest BCUT2D eigenvalue weighted by molar-refractivity contribution is 5.40. The van der Waals surface area contributed by atoms with Crippen molar-refractivity contribution in [2.75, 3.05) is 5.48 Å². The summed E-state index contributed by atoms with van der Waals surface area (Å²) in [6, 6.07) is 17.9. The summed E-state index contributed by atoms with van der Waals surface area (Å²) in [5, 5.41) is 0. The predicted molar refractivity (Wildman–Crippen MR) is 61.4 cm³/mol. The van der Waals surface area contributed by atoms with Crippen molar-refractivity contribution in [2.45, 2.75) is 6.36 Å². The molecule has 0 aliphatic carbocycles. The second-order valence-electron chi connectivity index (χ2n) is 3.31. The summed E-state index contributed by atoms with van der Waals surface area (Å²) in [4.78, 5) is 4.90. The molecule has 1 N–H and O–H groups in total. The minimum absolute atomic E-state index is 0.492. The smallest absolute Gasteiger partial charge is 0.249 e. The third kappa shape index (κ3) is 2.81. The molecule has 0 aromatic heterocycles. The summed E-state index contributed by atoms with van der Waals surface area (Å²) in [7, 11) is 0. The lowest BCUT2D eigenvalue weighted by Crippen LogP contribution is -2.05. The van der Waals surface area contributed by atoms with Gasteiger partial charge in [0.25, 0.3) is 0 Å². The van der Waals surface area contributed by atoms with Crippen LogP contribution in [0.25, 0.3) is 0 Å². The maximum absolute atomic E-state index is 13.5. The SMILES string of the molecule is FC(ONc1ccccc1)c1ccccc1. The van der Waals surface area contributed by atoms with E-state index in [0.717, 1.165) is 5.69 Å². The van der Waals surface area contributed by atoms with Crippen LogP contribution >= 0.6 is 0 Å². The van der Waals surface area contributed by atoms with Gasteiger partial charge in [0.1, 0.15) is 0 Å². The highest BCUT2D eigenvalue weighted by atomic mass is 19.1. The number of rotatable bonds is 4. The van der Waals surface area contributed by atoms with E-state index >= 15 is 0 Å². The fourth-order valence-corrected chi connectivity index (χ4v) is 1.30. The van der Waals surface area contributed by atoms with Gasteiger partial charge in [-0.1, -0.05) is 48.5 Å². The summed E-state index contributed by atoms with van der Waals surface area (Å²) in [5.74, 6) is 0. The molecule has 16 heavy (non-hydrogen) atoms. The van der Waals surface area contributed by atoms with E-state index in [1.807, 2.05) is 24.3 Å². The summed E-state index contributed by atoms with van der Waals surface area (Å²) in [5.41, 5.74) is 3.78. The maximum atomic E-state index is 13.5. The van der Waals surface area contributed by atoms with Gasteiger partial charge in [-0.25, -0.2) is 9.23 Å². The van der Waals surface area contributed by atoms with Gasteiger partial charge in [0.05, 0.1) is 5.69 Å². The highest BCUT2D eigenvalue weighted by Crippen LogP contribution is 2.19. The molecule has 0 saturated heterocycles. The molecule has 0 radical (unpaired) electrons. The summed E-state index contributed by atoms with van der Waals surface area (Å²) >= 11 is 0. The molecule has 0 bridgehead atoms. The van der Waals surface area contributed by atoms with Crippen molar-refractivity contribution in [3.8, 4) is 0 Å². The molecule has 2 nitrogen and oxygen atoms in total. The molecule has 0 saturated carbocycles. The average Bonchev–Trinajstić information content (AvgIpc) is 2.38. The Morgan fingerprint density at radius 1 is 0.875 bits per heavy atom. The zero-order valence-electron chi connectivity index (χ0n) is 8.64. The second kappa shape index (κ2) is 5.28. The number of hydrogen-bond acceptors (Lipinski definition) is 2. The van der Waals surface area contributed by atoms with Crippen LogP contribution < -0.4 is 5.48 Å². The van der Waals surface area contributed by atoms with Crippen LogP contribution in [0.1, 0.15) is 11.9 Å². The number of para-hydroxylation sites is 1. The molecule has 1 atom stereocenters. The first kappa shape index (κ1) is 10.6. The van der Waals surface area contributed by atoms with Crippen LogP contribution in [0.5, 0.6) is 0 Å². The first-order valence-electron chi connectivity index (χ1n) is 5.02. The average molecular weight is 217 g/mol. The molecule has 3 heteroatoms. The van der Waals surface area contributed by atoms with Gasteiger partial charge in [0, 0.05) is 5.56 Å². The Labute approximate surface area is 93.6 Å². The third-order valence-corrected chi connectivity index (χ3v) is 2.12. The zero-order chi connectivity index (χ0) is 11.2. The van der Waals surface area contributed by atoms with Crippen molar-refractivity contribution in [1.82, 2.24) is 0 Å². The molecule has 2 aromatic carbocycles. The number of nitrogens with one attached hydrogen (secondary N) is 1. The van der Waals surface area contributed by atoms with Gasteiger partial charge >= 0.3 is 0 Å². The number of benzene rings is 2. The Morgan fingerprint density at radius 3 is 2.06 bits per heavy atom.